The lowest BCUT2D eigenvalue weighted by Crippen LogP contribution is -2.26. The fourth-order valence-corrected chi connectivity index (χ4v) is 3.24. The normalized spacial score (nSPS) is 11.9. The van der Waals surface area contributed by atoms with Gasteiger partial charge in [-0.1, -0.05) is 29.8 Å². The van der Waals surface area contributed by atoms with Gasteiger partial charge < -0.3 is 0 Å². The van der Waals surface area contributed by atoms with Crippen LogP contribution in [0.4, 0.5) is 4.39 Å². The molecular formula is C16H18FNO2S. The molecular weight excluding hydrogens is 289 g/mol. The molecule has 0 aliphatic rings. The number of halogens is 1. The summed E-state index contributed by atoms with van der Waals surface area (Å²) in [6, 6.07) is 11.5. The SMILES string of the molecule is Cc1ccc(CN(C)S(=O)(=O)c2ccc(F)c(C)c2)cc1. The molecule has 0 bridgehead atoms. The van der Waals surface area contributed by atoms with E-state index in [0.29, 0.717) is 5.56 Å². The van der Waals surface area contributed by atoms with Crippen molar-refractivity contribution in [3.05, 3.63) is 65.0 Å². The predicted molar refractivity (Wildman–Crippen MR) is 81.0 cm³/mol. The molecule has 3 nitrogen and oxygen atoms in total. The Bertz CT molecular complexity index is 739. The van der Waals surface area contributed by atoms with Gasteiger partial charge in [0.25, 0.3) is 0 Å². The summed E-state index contributed by atoms with van der Waals surface area (Å²) in [5, 5.41) is 0. The highest BCUT2D eigenvalue weighted by Crippen LogP contribution is 2.19. The van der Waals surface area contributed by atoms with Crippen molar-refractivity contribution in [3.8, 4) is 0 Å². The highest BCUT2D eigenvalue weighted by atomic mass is 32.2. The molecule has 112 valence electrons. The maximum Gasteiger partial charge on any atom is 0.243 e. The molecule has 0 fully saturated rings. The summed E-state index contributed by atoms with van der Waals surface area (Å²) in [7, 11) is -2.10. The van der Waals surface area contributed by atoms with Crippen LogP contribution in [0.2, 0.25) is 0 Å². The second-order valence-electron chi connectivity index (χ2n) is 5.16. The van der Waals surface area contributed by atoms with Crippen molar-refractivity contribution in [1.82, 2.24) is 4.31 Å². The molecule has 0 saturated heterocycles. The molecule has 0 saturated carbocycles. The van der Waals surface area contributed by atoms with Crippen LogP contribution < -0.4 is 0 Å². The lowest BCUT2D eigenvalue weighted by atomic mass is 10.1. The number of hydrogen-bond donors (Lipinski definition) is 0. The van der Waals surface area contributed by atoms with E-state index in [0.717, 1.165) is 11.1 Å². The van der Waals surface area contributed by atoms with Crippen molar-refractivity contribution in [2.24, 2.45) is 0 Å². The highest BCUT2D eigenvalue weighted by molar-refractivity contribution is 7.89. The van der Waals surface area contributed by atoms with Gasteiger partial charge in [0.1, 0.15) is 5.82 Å². The Morgan fingerprint density at radius 3 is 2.24 bits per heavy atom. The molecule has 0 aliphatic heterocycles. The number of aryl methyl sites for hydroxylation is 2. The first-order chi connectivity index (χ1) is 9.80. The molecule has 5 heteroatoms. The van der Waals surface area contributed by atoms with E-state index in [4.69, 9.17) is 0 Å². The number of sulfonamides is 1. The van der Waals surface area contributed by atoms with Crippen LogP contribution in [0.5, 0.6) is 0 Å². The molecule has 0 aromatic heterocycles. The smallest absolute Gasteiger partial charge is 0.207 e. The van der Waals surface area contributed by atoms with E-state index in [1.807, 2.05) is 31.2 Å². The number of hydrogen-bond acceptors (Lipinski definition) is 2. The number of nitrogens with zero attached hydrogens (tertiary/aromatic N) is 1. The van der Waals surface area contributed by atoms with E-state index < -0.39 is 15.8 Å². The molecule has 2 rings (SSSR count). The quantitative estimate of drug-likeness (QED) is 0.869. The van der Waals surface area contributed by atoms with Gasteiger partial charge in [0.15, 0.2) is 0 Å². The Labute approximate surface area is 125 Å². The second-order valence-corrected chi connectivity index (χ2v) is 7.20. The summed E-state index contributed by atoms with van der Waals surface area (Å²) >= 11 is 0. The van der Waals surface area contributed by atoms with Gasteiger partial charge in [0.2, 0.25) is 10.0 Å². The van der Waals surface area contributed by atoms with Crippen molar-refractivity contribution in [2.75, 3.05) is 7.05 Å². The molecule has 0 aliphatic carbocycles. The van der Waals surface area contributed by atoms with Crippen LogP contribution in [0.25, 0.3) is 0 Å². The van der Waals surface area contributed by atoms with Gasteiger partial charge in [-0.05, 0) is 43.2 Å². The van der Waals surface area contributed by atoms with E-state index in [1.165, 1.54) is 29.6 Å². The summed E-state index contributed by atoms with van der Waals surface area (Å²) in [6.45, 7) is 3.80. The van der Waals surface area contributed by atoms with Crippen LogP contribution in [0.3, 0.4) is 0 Å². The van der Waals surface area contributed by atoms with Gasteiger partial charge in [0, 0.05) is 13.6 Å². The Kier molecular flexibility index (Phi) is 4.44. The lowest BCUT2D eigenvalue weighted by Gasteiger charge is -2.18. The Morgan fingerprint density at radius 2 is 1.67 bits per heavy atom. The first kappa shape index (κ1) is 15.7. The number of rotatable bonds is 4. The summed E-state index contributed by atoms with van der Waals surface area (Å²) in [4.78, 5) is 0.107. The lowest BCUT2D eigenvalue weighted by molar-refractivity contribution is 0.466. The monoisotopic (exact) mass is 307 g/mol. The van der Waals surface area contributed by atoms with E-state index in [2.05, 4.69) is 0 Å². The largest absolute Gasteiger partial charge is 0.243 e. The summed E-state index contributed by atoms with van der Waals surface area (Å²) in [6.07, 6.45) is 0. The minimum Gasteiger partial charge on any atom is -0.207 e. The molecule has 0 radical (unpaired) electrons. The minimum atomic E-state index is -3.62. The zero-order valence-corrected chi connectivity index (χ0v) is 13.1. The molecule has 21 heavy (non-hydrogen) atoms. The minimum absolute atomic E-state index is 0.107. The second kappa shape index (κ2) is 5.95. The summed E-state index contributed by atoms with van der Waals surface area (Å²) in [5.41, 5.74) is 2.35. The highest BCUT2D eigenvalue weighted by Gasteiger charge is 2.21. The van der Waals surface area contributed by atoms with Gasteiger partial charge in [0.05, 0.1) is 4.90 Å². The average Bonchev–Trinajstić information content (AvgIpc) is 2.44. The van der Waals surface area contributed by atoms with Gasteiger partial charge in [-0.2, -0.15) is 4.31 Å². The third-order valence-electron chi connectivity index (χ3n) is 3.36. The summed E-state index contributed by atoms with van der Waals surface area (Å²) < 4.78 is 39.5. The predicted octanol–water partition coefficient (Wildman–Crippen LogP) is 3.26. The molecule has 0 atom stereocenters. The Morgan fingerprint density at radius 1 is 1.05 bits per heavy atom. The Balaban J connectivity index is 2.25. The molecule has 0 heterocycles. The van der Waals surface area contributed by atoms with E-state index in [1.54, 1.807) is 6.92 Å². The van der Waals surface area contributed by atoms with Gasteiger partial charge in [-0.25, -0.2) is 12.8 Å². The van der Waals surface area contributed by atoms with Gasteiger partial charge in [-0.15, -0.1) is 0 Å². The molecule has 0 N–H and O–H groups in total. The fourth-order valence-electron chi connectivity index (χ4n) is 1.99. The topological polar surface area (TPSA) is 37.4 Å². The van der Waals surface area contributed by atoms with E-state index in [9.17, 15) is 12.8 Å². The van der Waals surface area contributed by atoms with Crippen LogP contribution in [0.1, 0.15) is 16.7 Å². The van der Waals surface area contributed by atoms with Crippen molar-refractivity contribution >= 4 is 10.0 Å². The van der Waals surface area contributed by atoms with Gasteiger partial charge in [-0.3, -0.25) is 0 Å². The van der Waals surface area contributed by atoms with Crippen LogP contribution in [0.15, 0.2) is 47.4 Å². The van der Waals surface area contributed by atoms with Crippen LogP contribution in [-0.2, 0) is 16.6 Å². The third kappa shape index (κ3) is 3.49. The standard InChI is InChI=1S/C16H18FNO2S/c1-12-4-6-14(7-5-12)11-18(3)21(19,20)15-8-9-16(17)13(2)10-15/h4-10H,11H2,1-3H3. The first-order valence-corrected chi connectivity index (χ1v) is 8.03. The molecule has 2 aromatic rings. The van der Waals surface area contributed by atoms with E-state index >= 15 is 0 Å². The van der Waals surface area contributed by atoms with Crippen molar-refractivity contribution in [2.45, 2.75) is 25.3 Å². The molecule has 0 unspecified atom stereocenters. The van der Waals surface area contributed by atoms with Crippen molar-refractivity contribution < 1.29 is 12.8 Å². The first-order valence-electron chi connectivity index (χ1n) is 6.59. The number of benzene rings is 2. The fraction of sp³-hybridized carbons (Fsp3) is 0.250. The average molecular weight is 307 g/mol. The molecule has 0 amide bonds. The van der Waals surface area contributed by atoms with Crippen molar-refractivity contribution in [3.63, 3.8) is 0 Å². The van der Waals surface area contributed by atoms with Gasteiger partial charge >= 0.3 is 0 Å². The maximum absolute atomic E-state index is 13.3. The van der Waals surface area contributed by atoms with Crippen LogP contribution >= 0.6 is 0 Å². The van der Waals surface area contributed by atoms with E-state index in [-0.39, 0.29) is 11.4 Å². The van der Waals surface area contributed by atoms with Crippen LogP contribution in [-0.4, -0.2) is 19.8 Å². The molecule has 0 spiro atoms. The molecule has 2 aromatic carbocycles. The Hall–Kier alpha value is -1.72. The zero-order valence-electron chi connectivity index (χ0n) is 12.3. The van der Waals surface area contributed by atoms with Crippen LogP contribution in [0, 0.1) is 19.7 Å². The zero-order chi connectivity index (χ0) is 15.6. The third-order valence-corrected chi connectivity index (χ3v) is 5.16. The summed E-state index contributed by atoms with van der Waals surface area (Å²) in [5.74, 6) is -0.407. The van der Waals surface area contributed by atoms with Crippen molar-refractivity contribution in [1.29, 1.82) is 0 Å². The maximum atomic E-state index is 13.3.